The molecule has 0 bridgehead atoms. The average Bonchev–Trinajstić information content (AvgIpc) is 2.17. The molecule has 0 radical (unpaired) electrons. The summed E-state index contributed by atoms with van der Waals surface area (Å²) in [7, 11) is -1.21. The Hall–Kier alpha value is -1.22. The molecule has 0 N–H and O–H groups in total. The minimum atomic E-state index is -1.21. The lowest BCUT2D eigenvalue weighted by Crippen LogP contribution is -1.95. The van der Waals surface area contributed by atoms with E-state index in [1.165, 1.54) is 13.0 Å². The van der Waals surface area contributed by atoms with Crippen LogP contribution in [-0.2, 0) is 15.6 Å². The van der Waals surface area contributed by atoms with Crippen LogP contribution in [0.1, 0.15) is 13.8 Å². The zero-order valence-corrected chi connectivity index (χ0v) is 9.01. The summed E-state index contributed by atoms with van der Waals surface area (Å²) in [5.74, 6) is -0.0771. The van der Waals surface area contributed by atoms with Gasteiger partial charge in [-0.3, -0.25) is 4.79 Å². The number of rotatable bonds is 3. The van der Waals surface area contributed by atoms with Crippen molar-refractivity contribution >= 4 is 16.6 Å². The van der Waals surface area contributed by atoms with Crippen molar-refractivity contribution in [2.45, 2.75) is 18.7 Å². The molecule has 0 amide bonds. The summed E-state index contributed by atoms with van der Waals surface area (Å²) in [5.41, 5.74) is 0. The maximum atomic E-state index is 11.8. The number of hydrogen-bond acceptors (Lipinski definition) is 2. The van der Waals surface area contributed by atoms with Gasteiger partial charge in [-0.25, -0.2) is 4.21 Å². The summed E-state index contributed by atoms with van der Waals surface area (Å²) in [6, 6.07) is 9.09. The number of allylic oxidation sites excluding steroid dienone is 2. The molecule has 3 heteroatoms. The lowest BCUT2D eigenvalue weighted by atomic mass is 10.4. The number of ketones is 1. The molecule has 2 nitrogen and oxygen atoms in total. The molecule has 0 saturated heterocycles. The molecule has 1 rings (SSSR count). The molecule has 0 aliphatic rings. The van der Waals surface area contributed by atoms with Crippen molar-refractivity contribution in [1.29, 1.82) is 0 Å². The molecule has 1 aromatic carbocycles. The van der Waals surface area contributed by atoms with Crippen LogP contribution >= 0.6 is 0 Å². The minimum absolute atomic E-state index is 0.0771. The zero-order valence-electron chi connectivity index (χ0n) is 8.19. The van der Waals surface area contributed by atoms with Gasteiger partial charge in [0, 0.05) is 9.80 Å². The highest BCUT2D eigenvalue weighted by molar-refractivity contribution is 7.89. The van der Waals surface area contributed by atoms with Crippen LogP contribution in [0.3, 0.4) is 0 Å². The van der Waals surface area contributed by atoms with Gasteiger partial charge < -0.3 is 0 Å². The van der Waals surface area contributed by atoms with E-state index in [0.717, 1.165) is 4.90 Å². The summed E-state index contributed by atoms with van der Waals surface area (Å²) >= 11 is 0. The molecule has 1 unspecified atom stereocenters. The highest BCUT2D eigenvalue weighted by atomic mass is 32.2. The van der Waals surface area contributed by atoms with Crippen molar-refractivity contribution in [3.63, 3.8) is 0 Å². The van der Waals surface area contributed by atoms with Crippen molar-refractivity contribution in [2.24, 2.45) is 0 Å². The van der Waals surface area contributed by atoms with Gasteiger partial charge in [0.2, 0.25) is 0 Å². The van der Waals surface area contributed by atoms with E-state index in [0.29, 0.717) is 4.91 Å². The van der Waals surface area contributed by atoms with Gasteiger partial charge in [0.15, 0.2) is 5.78 Å². The summed E-state index contributed by atoms with van der Waals surface area (Å²) in [6.07, 6.45) is 1.41. The van der Waals surface area contributed by atoms with Crippen LogP contribution < -0.4 is 0 Å². The van der Waals surface area contributed by atoms with Gasteiger partial charge in [-0.2, -0.15) is 0 Å². The summed E-state index contributed by atoms with van der Waals surface area (Å²) in [4.78, 5) is 12.1. The molecule has 0 spiro atoms. The monoisotopic (exact) mass is 208 g/mol. The first-order chi connectivity index (χ1) is 6.61. The van der Waals surface area contributed by atoms with Gasteiger partial charge in [0.1, 0.15) is 0 Å². The molecule has 0 aromatic heterocycles. The molecule has 0 aliphatic carbocycles. The number of benzene rings is 1. The Bertz CT molecular complexity index is 380. The Kier molecular flexibility index (Phi) is 3.77. The average molecular weight is 208 g/mol. The summed E-state index contributed by atoms with van der Waals surface area (Å²) < 4.78 is 11.8. The molecule has 1 aromatic rings. The fraction of sp³-hybridized carbons (Fsp3) is 0.182. The van der Waals surface area contributed by atoms with Crippen LogP contribution in [0.15, 0.2) is 46.2 Å². The zero-order chi connectivity index (χ0) is 10.6. The van der Waals surface area contributed by atoms with E-state index in [1.807, 2.05) is 18.2 Å². The van der Waals surface area contributed by atoms with Gasteiger partial charge in [0.05, 0.1) is 10.8 Å². The second-order valence-corrected chi connectivity index (χ2v) is 4.60. The minimum Gasteiger partial charge on any atom is -0.295 e. The lowest BCUT2D eigenvalue weighted by Gasteiger charge is -2.00. The highest BCUT2D eigenvalue weighted by Crippen LogP contribution is 2.13. The van der Waals surface area contributed by atoms with E-state index in [1.54, 1.807) is 19.1 Å². The second-order valence-electron chi connectivity index (χ2n) is 2.95. The van der Waals surface area contributed by atoms with E-state index in [2.05, 4.69) is 0 Å². The van der Waals surface area contributed by atoms with Crippen LogP contribution in [0.2, 0.25) is 0 Å². The van der Waals surface area contributed by atoms with Gasteiger partial charge in [-0.1, -0.05) is 18.2 Å². The predicted octanol–water partition coefficient (Wildman–Crippen LogP) is 2.29. The molecule has 1 atom stereocenters. The molecule has 74 valence electrons. The Labute approximate surface area is 86.1 Å². The Balaban J connectivity index is 2.92. The van der Waals surface area contributed by atoms with Crippen LogP contribution in [0.25, 0.3) is 0 Å². The molecular formula is C11H12O2S. The fourth-order valence-corrected chi connectivity index (χ4v) is 2.12. The molecule has 0 fully saturated rings. The van der Waals surface area contributed by atoms with Gasteiger partial charge in [-0.05, 0) is 32.1 Å². The van der Waals surface area contributed by atoms with E-state index in [9.17, 15) is 9.00 Å². The molecule has 14 heavy (non-hydrogen) atoms. The lowest BCUT2D eigenvalue weighted by molar-refractivity contribution is -0.112. The third kappa shape index (κ3) is 2.92. The number of carbonyl (C=O) groups is 1. The largest absolute Gasteiger partial charge is 0.295 e. The van der Waals surface area contributed by atoms with Crippen LogP contribution in [0, 0.1) is 0 Å². The standard InChI is InChI=1S/C11H12O2S/c1-9(12)8-10(2)14(13)11-6-4-3-5-7-11/h3-8H,1-2H3/b10-8-. The van der Waals surface area contributed by atoms with E-state index < -0.39 is 10.8 Å². The first kappa shape index (κ1) is 10.9. The summed E-state index contributed by atoms with van der Waals surface area (Å²) in [5, 5.41) is 0. The second kappa shape index (κ2) is 4.86. The van der Waals surface area contributed by atoms with E-state index in [-0.39, 0.29) is 5.78 Å². The maximum Gasteiger partial charge on any atom is 0.153 e. The van der Waals surface area contributed by atoms with Crippen LogP contribution in [0.5, 0.6) is 0 Å². The van der Waals surface area contributed by atoms with Crippen molar-refractivity contribution in [3.8, 4) is 0 Å². The summed E-state index contributed by atoms with van der Waals surface area (Å²) in [6.45, 7) is 3.15. The first-order valence-electron chi connectivity index (χ1n) is 4.27. The topological polar surface area (TPSA) is 34.1 Å². The van der Waals surface area contributed by atoms with E-state index in [4.69, 9.17) is 0 Å². The fourth-order valence-electron chi connectivity index (χ4n) is 1.07. The predicted molar refractivity (Wildman–Crippen MR) is 57.3 cm³/mol. The maximum absolute atomic E-state index is 11.8. The molecule has 0 heterocycles. The molecule has 0 saturated carbocycles. The Morgan fingerprint density at radius 3 is 2.29 bits per heavy atom. The third-order valence-electron chi connectivity index (χ3n) is 1.66. The first-order valence-corrected chi connectivity index (χ1v) is 5.42. The number of hydrogen-bond donors (Lipinski definition) is 0. The van der Waals surface area contributed by atoms with Crippen molar-refractivity contribution in [1.82, 2.24) is 0 Å². The van der Waals surface area contributed by atoms with Crippen molar-refractivity contribution in [2.75, 3.05) is 0 Å². The SMILES string of the molecule is CC(=O)/C=C(/C)S(=O)c1ccccc1. The van der Waals surface area contributed by atoms with Crippen LogP contribution in [-0.4, -0.2) is 9.99 Å². The van der Waals surface area contributed by atoms with Crippen molar-refractivity contribution in [3.05, 3.63) is 41.3 Å². The van der Waals surface area contributed by atoms with E-state index >= 15 is 0 Å². The third-order valence-corrected chi connectivity index (χ3v) is 3.06. The highest BCUT2D eigenvalue weighted by Gasteiger charge is 2.05. The molecule has 0 aliphatic heterocycles. The normalized spacial score (nSPS) is 13.7. The molecular weight excluding hydrogens is 196 g/mol. The van der Waals surface area contributed by atoms with Gasteiger partial charge >= 0.3 is 0 Å². The Morgan fingerprint density at radius 1 is 1.21 bits per heavy atom. The quantitative estimate of drug-likeness (QED) is 0.714. The van der Waals surface area contributed by atoms with Gasteiger partial charge in [-0.15, -0.1) is 0 Å². The number of carbonyl (C=O) groups excluding carboxylic acids is 1. The van der Waals surface area contributed by atoms with Gasteiger partial charge in [0.25, 0.3) is 0 Å². The smallest absolute Gasteiger partial charge is 0.153 e. The Morgan fingerprint density at radius 2 is 1.79 bits per heavy atom. The van der Waals surface area contributed by atoms with Crippen molar-refractivity contribution < 1.29 is 9.00 Å². The van der Waals surface area contributed by atoms with Crippen LogP contribution in [0.4, 0.5) is 0 Å².